The van der Waals surface area contributed by atoms with Gasteiger partial charge in [0.1, 0.15) is 5.75 Å². The average Bonchev–Trinajstić information content (AvgIpc) is 2.84. The van der Waals surface area contributed by atoms with Gasteiger partial charge >= 0.3 is 6.09 Å². The molecule has 0 unspecified atom stereocenters. The maximum Gasteiger partial charge on any atom is 0.410 e. The fourth-order valence-corrected chi connectivity index (χ4v) is 5.15. The molecule has 0 bridgehead atoms. The number of hydrogen-bond acceptors (Lipinski definition) is 6. The van der Waals surface area contributed by atoms with Gasteiger partial charge in [0.05, 0.1) is 43.5 Å². The van der Waals surface area contributed by atoms with Gasteiger partial charge in [0, 0.05) is 13.1 Å². The number of hydrogen-bond donors (Lipinski definition) is 1. The van der Waals surface area contributed by atoms with Crippen LogP contribution in [0.5, 0.6) is 5.75 Å². The van der Waals surface area contributed by atoms with Crippen LogP contribution in [0.4, 0.5) is 13.6 Å². The third kappa shape index (κ3) is 7.77. The van der Waals surface area contributed by atoms with E-state index in [1.807, 2.05) is 38.1 Å². The lowest BCUT2D eigenvalue weighted by atomic mass is 9.94. The number of nitrogens with zero attached hydrogens (tertiary/aromatic N) is 2. The van der Waals surface area contributed by atoms with Gasteiger partial charge in [0.25, 0.3) is 5.92 Å². The highest BCUT2D eigenvalue weighted by Crippen LogP contribution is 2.29. The van der Waals surface area contributed by atoms with E-state index in [9.17, 15) is 18.4 Å². The highest BCUT2D eigenvalue weighted by Gasteiger charge is 2.47. The van der Waals surface area contributed by atoms with E-state index in [-0.39, 0.29) is 30.5 Å². The molecular formula is C27H39F2N3O5. The fourth-order valence-electron chi connectivity index (χ4n) is 5.15. The summed E-state index contributed by atoms with van der Waals surface area (Å²) in [6.45, 7) is 3.94. The van der Waals surface area contributed by atoms with Gasteiger partial charge in [-0.05, 0) is 76.5 Å². The first kappa shape index (κ1) is 27.6. The van der Waals surface area contributed by atoms with Gasteiger partial charge in [-0.2, -0.15) is 0 Å². The third-order valence-electron chi connectivity index (χ3n) is 7.20. The number of likely N-dealkylation sites (tertiary alicyclic amines) is 2. The summed E-state index contributed by atoms with van der Waals surface area (Å²) in [5.74, 6) is -2.47. The van der Waals surface area contributed by atoms with E-state index >= 15 is 0 Å². The van der Waals surface area contributed by atoms with E-state index in [0.29, 0.717) is 19.5 Å². The van der Waals surface area contributed by atoms with Crippen molar-refractivity contribution in [3.8, 4) is 5.75 Å². The molecule has 1 aromatic carbocycles. The molecule has 1 aromatic rings. The number of benzene rings is 1. The Hall–Kier alpha value is -2.46. The second-order valence-corrected chi connectivity index (χ2v) is 10.8. The zero-order chi connectivity index (χ0) is 26.6. The highest BCUT2D eigenvalue weighted by molar-refractivity contribution is 5.83. The zero-order valence-corrected chi connectivity index (χ0v) is 21.7. The minimum absolute atomic E-state index is 0.110. The van der Waals surface area contributed by atoms with E-state index in [1.54, 1.807) is 4.90 Å². The van der Waals surface area contributed by atoms with Crippen molar-refractivity contribution in [2.24, 2.45) is 5.73 Å². The first-order valence-electron chi connectivity index (χ1n) is 13.4. The van der Waals surface area contributed by atoms with Crippen molar-refractivity contribution in [3.63, 3.8) is 0 Å². The summed E-state index contributed by atoms with van der Waals surface area (Å²) in [4.78, 5) is 27.1. The Kier molecular flexibility index (Phi) is 8.90. The van der Waals surface area contributed by atoms with Crippen molar-refractivity contribution < 1.29 is 32.6 Å². The minimum atomic E-state index is -2.79. The van der Waals surface area contributed by atoms with Crippen LogP contribution in [0.1, 0.15) is 57.9 Å². The van der Waals surface area contributed by atoms with Crippen molar-refractivity contribution in [1.29, 1.82) is 0 Å². The van der Waals surface area contributed by atoms with E-state index in [0.717, 1.165) is 54.7 Å². The first-order valence-corrected chi connectivity index (χ1v) is 13.4. The fraction of sp³-hybridized carbons (Fsp3) is 0.704. The number of amides is 2. The molecule has 4 rings (SSSR count). The van der Waals surface area contributed by atoms with Crippen LogP contribution < -0.4 is 10.5 Å². The number of carbonyl (C=O) groups excluding carboxylic acids is 2. The molecule has 1 saturated carbocycles. The predicted molar refractivity (Wildman–Crippen MR) is 134 cm³/mol. The topological polar surface area (TPSA) is 94.3 Å². The Labute approximate surface area is 217 Å². The van der Waals surface area contributed by atoms with Crippen LogP contribution in [0.25, 0.3) is 0 Å². The summed E-state index contributed by atoms with van der Waals surface area (Å²) in [6, 6.07) is 6.63. The van der Waals surface area contributed by atoms with Crippen LogP contribution in [0.3, 0.4) is 0 Å². The molecule has 0 radical (unpaired) electrons. The molecular weight excluding hydrogens is 484 g/mol. The van der Waals surface area contributed by atoms with Crippen LogP contribution in [0, 0.1) is 0 Å². The van der Waals surface area contributed by atoms with Gasteiger partial charge in [-0.1, -0.05) is 12.1 Å². The molecule has 2 amide bonds. The van der Waals surface area contributed by atoms with Crippen LogP contribution in [0.2, 0.25) is 0 Å². The average molecular weight is 524 g/mol. The number of carbonyl (C=O) groups is 2. The normalized spacial score (nSPS) is 24.9. The van der Waals surface area contributed by atoms with Gasteiger partial charge in [-0.3, -0.25) is 4.79 Å². The lowest BCUT2D eigenvalue weighted by molar-refractivity contribution is -0.166. The van der Waals surface area contributed by atoms with Gasteiger partial charge in [-0.15, -0.1) is 0 Å². The lowest BCUT2D eigenvalue weighted by Gasteiger charge is -2.39. The van der Waals surface area contributed by atoms with E-state index in [4.69, 9.17) is 19.9 Å². The lowest BCUT2D eigenvalue weighted by Crippen LogP contribution is -2.62. The van der Waals surface area contributed by atoms with E-state index in [2.05, 4.69) is 0 Å². The van der Waals surface area contributed by atoms with Crippen molar-refractivity contribution in [2.45, 2.75) is 95.2 Å². The van der Waals surface area contributed by atoms with Gasteiger partial charge in [0.2, 0.25) is 5.91 Å². The standard InChI is InChI=1S/C27H39F2N3O5/c1-18(2)35-26(34)31-13-11-23(12-14-31)37-22-9-7-21(8-10-22)36-20-5-3-19(4-6-20)15-24(30)25(33)32-16-27(28,29)17-32/h3-6,18,21-24H,7-17,30H2,1-2H3/t21?,22?,24-/m1/s1. The molecule has 2 heterocycles. The second kappa shape index (κ2) is 11.9. The van der Waals surface area contributed by atoms with Crippen LogP contribution >= 0.6 is 0 Å². The summed E-state index contributed by atoms with van der Waals surface area (Å²) in [7, 11) is 0. The Bertz CT molecular complexity index is 905. The molecule has 8 nitrogen and oxygen atoms in total. The SMILES string of the molecule is CC(C)OC(=O)N1CCC(OC2CCC(Oc3ccc(C[C@@H](N)C(=O)N4CC(F)(F)C4)cc3)CC2)CC1. The van der Waals surface area contributed by atoms with Gasteiger partial charge in [0.15, 0.2) is 0 Å². The summed E-state index contributed by atoms with van der Waals surface area (Å²) in [5.41, 5.74) is 6.81. The number of ether oxygens (including phenoxy) is 3. The highest BCUT2D eigenvalue weighted by atomic mass is 19.3. The Morgan fingerprint density at radius 3 is 2.08 bits per heavy atom. The number of piperidine rings is 1. The van der Waals surface area contributed by atoms with E-state index in [1.165, 1.54) is 0 Å². The molecule has 206 valence electrons. The molecule has 2 N–H and O–H groups in total. The third-order valence-corrected chi connectivity index (χ3v) is 7.20. The molecule has 10 heteroatoms. The number of rotatable bonds is 8. The molecule has 1 aliphatic carbocycles. The molecule has 3 aliphatic rings. The van der Waals surface area contributed by atoms with Crippen molar-refractivity contribution in [2.75, 3.05) is 26.2 Å². The maximum absolute atomic E-state index is 13.0. The van der Waals surface area contributed by atoms with Crippen LogP contribution in [-0.4, -0.2) is 84.4 Å². The summed E-state index contributed by atoms with van der Waals surface area (Å²) < 4.78 is 43.8. The Balaban J connectivity index is 1.13. The number of halogens is 2. The molecule has 0 aromatic heterocycles. The summed E-state index contributed by atoms with van der Waals surface area (Å²) >= 11 is 0. The van der Waals surface area contributed by atoms with E-state index < -0.39 is 31.0 Å². The Morgan fingerprint density at radius 1 is 0.946 bits per heavy atom. The summed E-state index contributed by atoms with van der Waals surface area (Å²) in [5, 5.41) is 0. The second-order valence-electron chi connectivity index (χ2n) is 10.8. The molecule has 37 heavy (non-hydrogen) atoms. The van der Waals surface area contributed by atoms with Gasteiger partial charge in [-0.25, -0.2) is 13.6 Å². The van der Waals surface area contributed by atoms with Gasteiger partial charge < -0.3 is 29.7 Å². The zero-order valence-electron chi connectivity index (χ0n) is 21.7. The van der Waals surface area contributed by atoms with Crippen molar-refractivity contribution in [1.82, 2.24) is 9.80 Å². The van der Waals surface area contributed by atoms with Crippen molar-refractivity contribution >= 4 is 12.0 Å². The molecule has 1 atom stereocenters. The smallest absolute Gasteiger partial charge is 0.410 e. The number of alkyl halides is 2. The summed E-state index contributed by atoms with van der Waals surface area (Å²) in [6.07, 6.45) is 5.80. The molecule has 3 fully saturated rings. The maximum atomic E-state index is 13.0. The minimum Gasteiger partial charge on any atom is -0.490 e. The Morgan fingerprint density at radius 2 is 1.51 bits per heavy atom. The molecule has 2 saturated heterocycles. The van der Waals surface area contributed by atoms with Crippen molar-refractivity contribution in [3.05, 3.63) is 29.8 Å². The van der Waals surface area contributed by atoms with Crippen LogP contribution in [-0.2, 0) is 20.7 Å². The predicted octanol–water partition coefficient (Wildman–Crippen LogP) is 3.75. The largest absolute Gasteiger partial charge is 0.490 e. The quantitative estimate of drug-likeness (QED) is 0.558. The molecule has 0 spiro atoms. The monoisotopic (exact) mass is 523 g/mol. The van der Waals surface area contributed by atoms with Crippen LogP contribution in [0.15, 0.2) is 24.3 Å². The number of nitrogens with two attached hydrogens (primary N) is 1. The first-order chi connectivity index (χ1) is 17.6. The molecule has 2 aliphatic heterocycles.